The molecule has 0 aromatic heterocycles. The maximum absolute atomic E-state index is 3.70. The minimum Gasteiger partial charge on any atom is -0.382 e. The summed E-state index contributed by atoms with van der Waals surface area (Å²) in [7, 11) is 0. The maximum Gasteiger partial charge on any atom is 0.0388 e. The van der Waals surface area contributed by atoms with Gasteiger partial charge in [-0.1, -0.05) is 39.0 Å². The number of rotatable bonds is 6. The smallest absolute Gasteiger partial charge is 0.0388 e. The van der Waals surface area contributed by atoms with Crippen molar-refractivity contribution in [1.29, 1.82) is 0 Å². The normalized spacial score (nSPS) is 22.9. The van der Waals surface area contributed by atoms with Gasteiger partial charge in [0, 0.05) is 18.3 Å². The molecule has 1 aromatic rings. The van der Waals surface area contributed by atoms with Crippen molar-refractivity contribution < 1.29 is 0 Å². The zero-order valence-electron chi connectivity index (χ0n) is 11.9. The molecule has 1 N–H and O–H groups in total. The van der Waals surface area contributed by atoms with Gasteiger partial charge in [-0.05, 0) is 43.5 Å². The van der Waals surface area contributed by atoms with Crippen LogP contribution in [0.1, 0.15) is 39.2 Å². The summed E-state index contributed by atoms with van der Waals surface area (Å²) in [4.78, 5) is 2.46. The van der Waals surface area contributed by atoms with Crippen molar-refractivity contribution in [2.75, 3.05) is 18.4 Å². The molecule has 0 heterocycles. The number of hydrogen-bond acceptors (Lipinski definition) is 2. The van der Waals surface area contributed by atoms with E-state index in [1.165, 1.54) is 24.1 Å². The van der Waals surface area contributed by atoms with Crippen LogP contribution in [0.25, 0.3) is 0 Å². The lowest BCUT2D eigenvalue weighted by Gasteiger charge is -2.35. The average Bonchev–Trinajstić information content (AvgIpc) is 2.36. The predicted molar refractivity (Wildman–Crippen MR) is 78.9 cm³/mol. The topological polar surface area (TPSA) is 15.3 Å². The first-order chi connectivity index (χ1) is 8.72. The molecule has 0 aliphatic heterocycles. The number of benzene rings is 1. The first-order valence-corrected chi connectivity index (χ1v) is 7.29. The second kappa shape index (κ2) is 6.24. The van der Waals surface area contributed by atoms with Crippen molar-refractivity contribution in [2.45, 2.75) is 46.2 Å². The minimum absolute atomic E-state index is 0.692. The van der Waals surface area contributed by atoms with E-state index < -0.39 is 0 Å². The molecule has 0 unspecified atom stereocenters. The van der Waals surface area contributed by atoms with Gasteiger partial charge in [0.2, 0.25) is 0 Å². The molecule has 0 atom stereocenters. The molecule has 100 valence electrons. The minimum atomic E-state index is 0.692. The van der Waals surface area contributed by atoms with Crippen LogP contribution in [0, 0.1) is 5.92 Å². The molecule has 2 rings (SSSR count). The van der Waals surface area contributed by atoms with Gasteiger partial charge in [-0.15, -0.1) is 0 Å². The fraction of sp³-hybridized carbons (Fsp3) is 0.625. The second-order valence-corrected chi connectivity index (χ2v) is 5.54. The highest BCUT2D eigenvalue weighted by Crippen LogP contribution is 2.30. The van der Waals surface area contributed by atoms with Gasteiger partial charge in [0.15, 0.2) is 0 Å². The Morgan fingerprint density at radius 3 is 2.44 bits per heavy atom. The summed E-state index contributed by atoms with van der Waals surface area (Å²) >= 11 is 0. The second-order valence-electron chi connectivity index (χ2n) is 5.54. The van der Waals surface area contributed by atoms with Crippen molar-refractivity contribution in [3.05, 3.63) is 29.8 Å². The molecule has 1 fully saturated rings. The molecule has 0 spiro atoms. The first kappa shape index (κ1) is 13.4. The Morgan fingerprint density at radius 1 is 1.17 bits per heavy atom. The molecule has 0 saturated heterocycles. The van der Waals surface area contributed by atoms with Gasteiger partial charge in [-0.3, -0.25) is 4.90 Å². The van der Waals surface area contributed by atoms with Crippen molar-refractivity contribution in [2.24, 2.45) is 5.92 Å². The Bertz CT molecular complexity index is 365. The van der Waals surface area contributed by atoms with Crippen molar-refractivity contribution in [1.82, 2.24) is 4.90 Å². The van der Waals surface area contributed by atoms with E-state index in [1.54, 1.807) is 0 Å². The molecule has 2 nitrogen and oxygen atoms in total. The summed E-state index contributed by atoms with van der Waals surface area (Å²) in [5.41, 5.74) is 2.77. The van der Waals surface area contributed by atoms with Crippen LogP contribution in [0.3, 0.4) is 0 Å². The molecular weight excluding hydrogens is 220 g/mol. The Labute approximate surface area is 111 Å². The summed E-state index contributed by atoms with van der Waals surface area (Å²) in [6, 6.07) is 9.45. The van der Waals surface area contributed by atoms with E-state index in [-0.39, 0.29) is 0 Å². The predicted octanol–water partition coefficient (Wildman–Crippen LogP) is 3.74. The summed E-state index contributed by atoms with van der Waals surface area (Å²) in [5, 5.41) is 3.70. The van der Waals surface area contributed by atoms with Crippen LogP contribution in [0.15, 0.2) is 24.3 Å². The van der Waals surface area contributed by atoms with Crippen LogP contribution >= 0.6 is 0 Å². The van der Waals surface area contributed by atoms with Crippen LogP contribution in [-0.2, 0) is 6.54 Å². The lowest BCUT2D eigenvalue weighted by Crippen LogP contribution is -2.34. The third kappa shape index (κ3) is 3.26. The Balaban J connectivity index is 2.00. The molecule has 0 amide bonds. The summed E-state index contributed by atoms with van der Waals surface area (Å²) in [6.45, 7) is 10.1. The van der Waals surface area contributed by atoms with Crippen molar-refractivity contribution >= 4 is 5.69 Å². The van der Waals surface area contributed by atoms with E-state index in [9.17, 15) is 0 Å². The molecule has 0 bridgehead atoms. The highest BCUT2D eigenvalue weighted by atomic mass is 15.1. The third-order valence-corrected chi connectivity index (χ3v) is 4.04. The molecule has 18 heavy (non-hydrogen) atoms. The van der Waals surface area contributed by atoms with Gasteiger partial charge in [-0.2, -0.15) is 0 Å². The molecule has 1 saturated carbocycles. The van der Waals surface area contributed by atoms with Gasteiger partial charge < -0.3 is 5.32 Å². The zero-order valence-corrected chi connectivity index (χ0v) is 11.9. The molecule has 1 aliphatic carbocycles. The van der Waals surface area contributed by atoms with E-state index in [1.807, 2.05) is 0 Å². The highest BCUT2D eigenvalue weighted by molar-refractivity contribution is 5.52. The average molecular weight is 246 g/mol. The fourth-order valence-electron chi connectivity index (χ4n) is 2.73. The Morgan fingerprint density at radius 2 is 1.83 bits per heavy atom. The molecule has 1 aliphatic rings. The highest BCUT2D eigenvalue weighted by Gasteiger charge is 2.25. The largest absolute Gasteiger partial charge is 0.382 e. The summed E-state index contributed by atoms with van der Waals surface area (Å²) in [5.74, 6) is 0.900. The van der Waals surface area contributed by atoms with Crippen molar-refractivity contribution in [3.8, 4) is 0 Å². The van der Waals surface area contributed by atoms with Gasteiger partial charge in [0.25, 0.3) is 0 Å². The van der Waals surface area contributed by atoms with E-state index in [4.69, 9.17) is 0 Å². The summed E-state index contributed by atoms with van der Waals surface area (Å²) in [6.07, 6.45) is 2.64. The lowest BCUT2D eigenvalue weighted by atomic mass is 9.81. The van der Waals surface area contributed by atoms with Crippen LogP contribution in [0.5, 0.6) is 0 Å². The SMILES string of the molecule is CCN(CC)Cc1ccccc1NC1CC(C)C1. The molecule has 2 heteroatoms. The quantitative estimate of drug-likeness (QED) is 0.822. The third-order valence-electron chi connectivity index (χ3n) is 4.04. The van der Waals surface area contributed by atoms with E-state index in [0.717, 1.165) is 25.6 Å². The van der Waals surface area contributed by atoms with Crippen LogP contribution in [0.4, 0.5) is 5.69 Å². The van der Waals surface area contributed by atoms with Gasteiger partial charge in [0.05, 0.1) is 0 Å². The molecular formula is C16H26N2. The summed E-state index contributed by atoms with van der Waals surface area (Å²) < 4.78 is 0. The van der Waals surface area contributed by atoms with E-state index in [0.29, 0.717) is 6.04 Å². The number of anilines is 1. The number of para-hydroxylation sites is 1. The standard InChI is InChI=1S/C16H26N2/c1-4-18(5-2)12-14-8-6-7-9-16(14)17-15-10-13(3)11-15/h6-9,13,15,17H,4-5,10-12H2,1-3H3. The molecule has 1 aromatic carbocycles. The van der Waals surface area contributed by atoms with Gasteiger partial charge in [-0.25, -0.2) is 0 Å². The Kier molecular flexibility index (Phi) is 4.65. The van der Waals surface area contributed by atoms with Gasteiger partial charge >= 0.3 is 0 Å². The Hall–Kier alpha value is -1.02. The maximum atomic E-state index is 3.70. The van der Waals surface area contributed by atoms with E-state index >= 15 is 0 Å². The van der Waals surface area contributed by atoms with Crippen LogP contribution in [-0.4, -0.2) is 24.0 Å². The lowest BCUT2D eigenvalue weighted by molar-refractivity contribution is 0.294. The number of nitrogens with zero attached hydrogens (tertiary/aromatic N) is 1. The molecule has 0 radical (unpaired) electrons. The zero-order chi connectivity index (χ0) is 13.0. The monoisotopic (exact) mass is 246 g/mol. The van der Waals surface area contributed by atoms with Crippen LogP contribution in [0.2, 0.25) is 0 Å². The van der Waals surface area contributed by atoms with Crippen molar-refractivity contribution in [3.63, 3.8) is 0 Å². The van der Waals surface area contributed by atoms with E-state index in [2.05, 4.69) is 55.3 Å². The van der Waals surface area contributed by atoms with Crippen LogP contribution < -0.4 is 5.32 Å². The van der Waals surface area contributed by atoms with Gasteiger partial charge in [0.1, 0.15) is 0 Å². The number of hydrogen-bond donors (Lipinski definition) is 1. The number of nitrogens with one attached hydrogen (secondary N) is 1. The first-order valence-electron chi connectivity index (χ1n) is 7.29. The fourth-order valence-corrected chi connectivity index (χ4v) is 2.73.